The number of carbonyl (C=O) groups is 2. The molecule has 0 saturated heterocycles. The van der Waals surface area contributed by atoms with Gasteiger partial charge in [0.2, 0.25) is 0 Å². The van der Waals surface area contributed by atoms with Crippen LogP contribution in [0, 0.1) is 0 Å². The first-order chi connectivity index (χ1) is 12.0. The first kappa shape index (κ1) is 25.3. The van der Waals surface area contributed by atoms with Gasteiger partial charge in [0.05, 0.1) is 12.7 Å². The van der Waals surface area contributed by atoms with Crippen LogP contribution in [0.3, 0.4) is 0 Å². The van der Waals surface area contributed by atoms with Crippen molar-refractivity contribution in [3.63, 3.8) is 0 Å². The van der Waals surface area contributed by atoms with Gasteiger partial charge in [-0.25, -0.2) is 9.59 Å². The van der Waals surface area contributed by atoms with Gasteiger partial charge in [0, 0.05) is 0 Å². The van der Waals surface area contributed by atoms with Gasteiger partial charge < -0.3 is 18.9 Å². The average Bonchev–Trinajstić information content (AvgIpc) is 2.44. The van der Waals surface area contributed by atoms with Crippen LogP contribution >= 0.6 is 0 Å². The summed E-state index contributed by atoms with van der Waals surface area (Å²) in [5.41, 5.74) is -6.99. The minimum atomic E-state index is -6.35. The molecular weight excluding hydrogens is 390 g/mol. The molecule has 160 valence electrons. The fourth-order valence-electron chi connectivity index (χ4n) is 1.55. The summed E-state index contributed by atoms with van der Waals surface area (Å²) in [6.45, 7) is 5.52. The van der Waals surface area contributed by atoms with Gasteiger partial charge in [-0.2, -0.15) is 26.3 Å². The molecule has 0 N–H and O–H groups in total. The monoisotopic (exact) mass is 412 g/mol. The molecule has 27 heavy (non-hydrogen) atoms. The highest BCUT2D eigenvalue weighted by Crippen LogP contribution is 2.47. The summed E-state index contributed by atoms with van der Waals surface area (Å²) >= 11 is 0. The lowest BCUT2D eigenvalue weighted by atomic mass is 10.0. The lowest BCUT2D eigenvalue weighted by molar-refractivity contribution is -0.358. The van der Waals surface area contributed by atoms with Gasteiger partial charge >= 0.3 is 30.1 Å². The largest absolute Gasteiger partial charge is 0.510 e. The molecule has 0 aliphatic heterocycles. The molecule has 0 rings (SSSR count). The van der Waals surface area contributed by atoms with Crippen LogP contribution in [-0.2, 0) is 23.7 Å². The van der Waals surface area contributed by atoms with Gasteiger partial charge in [0.25, 0.3) is 0 Å². The summed E-state index contributed by atoms with van der Waals surface area (Å²) in [4.78, 5) is 23.2. The molecular formula is C15H22F6O6. The van der Waals surface area contributed by atoms with E-state index in [2.05, 4.69) is 14.2 Å². The molecule has 0 aromatic carbocycles. The van der Waals surface area contributed by atoms with Gasteiger partial charge in [-0.05, 0) is 34.1 Å². The standard InChI is InChI=1S/C15H22F6O6/c1-6-9(2)24-7-8-25-10(22)13(14(16,17)18,15(19,20)21)27-11(23)26-12(3,4)5/h9H,6-8H2,1-5H3. The van der Waals surface area contributed by atoms with Crippen LogP contribution in [0.1, 0.15) is 41.0 Å². The molecule has 0 heterocycles. The first-order valence-corrected chi connectivity index (χ1v) is 7.82. The zero-order chi connectivity index (χ0) is 21.7. The molecule has 0 fully saturated rings. The van der Waals surface area contributed by atoms with Crippen molar-refractivity contribution in [1.29, 1.82) is 0 Å². The normalized spacial score (nSPS) is 14.5. The Morgan fingerprint density at radius 3 is 1.74 bits per heavy atom. The fourth-order valence-corrected chi connectivity index (χ4v) is 1.55. The van der Waals surface area contributed by atoms with Crippen molar-refractivity contribution in [3.05, 3.63) is 0 Å². The number of hydrogen-bond acceptors (Lipinski definition) is 6. The van der Waals surface area contributed by atoms with E-state index in [1.807, 2.05) is 0 Å². The Labute approximate surface area is 152 Å². The van der Waals surface area contributed by atoms with Gasteiger partial charge in [0.1, 0.15) is 12.2 Å². The van der Waals surface area contributed by atoms with Crippen molar-refractivity contribution in [2.75, 3.05) is 13.2 Å². The highest BCUT2D eigenvalue weighted by Gasteiger charge is 2.81. The van der Waals surface area contributed by atoms with Crippen LogP contribution in [0.2, 0.25) is 0 Å². The predicted molar refractivity (Wildman–Crippen MR) is 78.8 cm³/mol. The third kappa shape index (κ3) is 7.07. The third-order valence-corrected chi connectivity index (χ3v) is 3.01. The molecule has 12 heteroatoms. The second kappa shape index (κ2) is 8.98. The number of esters is 1. The highest BCUT2D eigenvalue weighted by molar-refractivity contribution is 5.84. The van der Waals surface area contributed by atoms with Crippen molar-refractivity contribution >= 4 is 12.1 Å². The minimum absolute atomic E-state index is 0.350. The quantitative estimate of drug-likeness (QED) is 0.355. The summed E-state index contributed by atoms with van der Waals surface area (Å²) in [6, 6.07) is 0. The summed E-state index contributed by atoms with van der Waals surface area (Å²) in [7, 11) is 0. The highest BCUT2D eigenvalue weighted by atomic mass is 19.4. The minimum Gasteiger partial charge on any atom is -0.460 e. The lowest BCUT2D eigenvalue weighted by Gasteiger charge is -2.34. The molecule has 0 saturated carbocycles. The van der Waals surface area contributed by atoms with Gasteiger partial charge in [0.15, 0.2) is 0 Å². The topological polar surface area (TPSA) is 71.1 Å². The molecule has 0 aromatic rings. The zero-order valence-electron chi connectivity index (χ0n) is 15.4. The number of alkyl halides is 6. The number of carbonyl (C=O) groups excluding carboxylic acids is 2. The SMILES string of the molecule is CCC(C)OCCOC(=O)C(OC(=O)OC(C)(C)C)(C(F)(F)F)C(F)(F)F. The predicted octanol–water partition coefficient (Wildman–Crippen LogP) is 4.16. The third-order valence-electron chi connectivity index (χ3n) is 3.01. The zero-order valence-corrected chi connectivity index (χ0v) is 15.4. The molecule has 0 bridgehead atoms. The lowest BCUT2D eigenvalue weighted by Crippen LogP contribution is -2.65. The van der Waals surface area contributed by atoms with E-state index in [4.69, 9.17) is 4.74 Å². The van der Waals surface area contributed by atoms with Crippen LogP contribution in [0.15, 0.2) is 0 Å². The molecule has 0 radical (unpaired) electrons. The van der Waals surface area contributed by atoms with Crippen molar-refractivity contribution in [2.45, 2.75) is 70.7 Å². The molecule has 0 spiro atoms. The van der Waals surface area contributed by atoms with Crippen LogP contribution in [0.5, 0.6) is 0 Å². The van der Waals surface area contributed by atoms with Crippen molar-refractivity contribution in [3.8, 4) is 0 Å². The Morgan fingerprint density at radius 1 is 0.889 bits per heavy atom. The molecule has 0 aliphatic rings. The van der Waals surface area contributed by atoms with Crippen molar-refractivity contribution in [2.24, 2.45) is 0 Å². The summed E-state index contributed by atoms with van der Waals surface area (Å²) in [5.74, 6) is -2.85. The number of hydrogen-bond donors (Lipinski definition) is 0. The van der Waals surface area contributed by atoms with Gasteiger partial charge in [-0.1, -0.05) is 6.92 Å². The Balaban J connectivity index is 5.58. The summed E-state index contributed by atoms with van der Waals surface area (Å²) in [6.07, 6.45) is -14.9. The maximum Gasteiger partial charge on any atom is 0.510 e. The van der Waals surface area contributed by atoms with E-state index in [9.17, 15) is 35.9 Å². The Kier molecular flexibility index (Phi) is 8.41. The number of ether oxygens (including phenoxy) is 4. The van der Waals surface area contributed by atoms with E-state index in [0.717, 1.165) is 0 Å². The number of rotatable bonds is 7. The molecule has 1 unspecified atom stereocenters. The Morgan fingerprint density at radius 2 is 1.37 bits per heavy atom. The first-order valence-electron chi connectivity index (χ1n) is 7.82. The molecule has 0 aliphatic carbocycles. The molecule has 6 nitrogen and oxygen atoms in total. The fraction of sp³-hybridized carbons (Fsp3) is 0.867. The average molecular weight is 412 g/mol. The van der Waals surface area contributed by atoms with E-state index >= 15 is 0 Å². The van der Waals surface area contributed by atoms with Crippen LogP contribution < -0.4 is 0 Å². The summed E-state index contributed by atoms with van der Waals surface area (Å²) in [5, 5.41) is 0. The van der Waals surface area contributed by atoms with Gasteiger partial charge in [-0.15, -0.1) is 0 Å². The maximum absolute atomic E-state index is 13.2. The van der Waals surface area contributed by atoms with E-state index in [1.54, 1.807) is 13.8 Å². The van der Waals surface area contributed by atoms with Crippen LogP contribution in [-0.4, -0.2) is 55.0 Å². The summed E-state index contributed by atoms with van der Waals surface area (Å²) < 4.78 is 96.2. The van der Waals surface area contributed by atoms with E-state index in [0.29, 0.717) is 6.42 Å². The van der Waals surface area contributed by atoms with Crippen molar-refractivity contribution in [1.82, 2.24) is 0 Å². The smallest absolute Gasteiger partial charge is 0.460 e. The van der Waals surface area contributed by atoms with E-state index in [1.165, 1.54) is 20.8 Å². The maximum atomic E-state index is 13.2. The van der Waals surface area contributed by atoms with Crippen LogP contribution in [0.25, 0.3) is 0 Å². The van der Waals surface area contributed by atoms with Crippen molar-refractivity contribution < 1.29 is 54.9 Å². The molecule has 0 aromatic heterocycles. The number of halogens is 6. The van der Waals surface area contributed by atoms with E-state index < -0.39 is 48.9 Å². The van der Waals surface area contributed by atoms with Crippen LogP contribution in [0.4, 0.5) is 31.1 Å². The molecule has 1 atom stereocenters. The second-order valence-corrected chi connectivity index (χ2v) is 6.47. The molecule has 0 amide bonds. The second-order valence-electron chi connectivity index (χ2n) is 6.47. The Bertz CT molecular complexity index is 494. The van der Waals surface area contributed by atoms with Gasteiger partial charge in [-0.3, -0.25) is 0 Å². The Hall–Kier alpha value is -1.72. The van der Waals surface area contributed by atoms with E-state index in [-0.39, 0.29) is 6.10 Å².